The normalized spacial score (nSPS) is 13.3. The van der Waals surface area contributed by atoms with E-state index in [1.165, 1.54) is 16.7 Å². The van der Waals surface area contributed by atoms with Crippen molar-refractivity contribution in [1.82, 2.24) is 14.9 Å². The second-order valence-corrected chi connectivity index (χ2v) is 9.89. The van der Waals surface area contributed by atoms with Crippen LogP contribution < -0.4 is 11.1 Å². The molecule has 0 fully saturated rings. The summed E-state index contributed by atoms with van der Waals surface area (Å²) in [6.45, 7) is 18.2. The molecule has 37 heavy (non-hydrogen) atoms. The Hall–Kier alpha value is -3.41. The van der Waals surface area contributed by atoms with Crippen molar-refractivity contribution in [3.63, 3.8) is 0 Å². The molecule has 0 atom stereocenters. The Balaban J connectivity index is 0.00000104. The maximum atomic E-state index is 9.17. The molecule has 0 amide bonds. The maximum absolute atomic E-state index is 9.17. The molecule has 6 nitrogen and oxygen atoms in total. The first-order valence-corrected chi connectivity index (χ1v) is 13.4. The molecule has 6 heteroatoms. The van der Waals surface area contributed by atoms with Crippen molar-refractivity contribution in [3.05, 3.63) is 83.0 Å². The predicted octanol–water partition coefficient (Wildman–Crippen LogP) is 6.90. The third-order valence-corrected chi connectivity index (χ3v) is 5.38. The number of aldehydes is 1. The van der Waals surface area contributed by atoms with Crippen molar-refractivity contribution in [3.8, 4) is 0 Å². The highest BCUT2D eigenvalue weighted by molar-refractivity contribution is 5.66. The van der Waals surface area contributed by atoms with Crippen LogP contribution in [0, 0.1) is 12.3 Å². The molecule has 0 spiro atoms. The Morgan fingerprint density at radius 2 is 1.78 bits per heavy atom. The van der Waals surface area contributed by atoms with Gasteiger partial charge >= 0.3 is 0 Å². The number of aromatic nitrogens is 2. The average Bonchev–Trinajstić information content (AvgIpc) is 2.90. The van der Waals surface area contributed by atoms with E-state index in [1.54, 1.807) is 6.20 Å². The largest absolute Gasteiger partial charge is 0.400 e. The Kier molecular flexibility index (Phi) is 14.0. The highest BCUT2D eigenvalue weighted by atomic mass is 16.1. The summed E-state index contributed by atoms with van der Waals surface area (Å²) in [5, 5.41) is 3.36. The molecule has 0 unspecified atom stereocenters. The van der Waals surface area contributed by atoms with E-state index in [2.05, 4.69) is 92.4 Å². The summed E-state index contributed by atoms with van der Waals surface area (Å²) in [5.74, 6) is 0.624. The van der Waals surface area contributed by atoms with Crippen LogP contribution in [0.15, 0.2) is 66.2 Å². The predicted molar refractivity (Wildman–Crippen MR) is 158 cm³/mol. The van der Waals surface area contributed by atoms with Gasteiger partial charge in [-0.15, -0.1) is 0 Å². The van der Waals surface area contributed by atoms with Crippen LogP contribution in [0.3, 0.4) is 0 Å². The van der Waals surface area contributed by atoms with Crippen molar-refractivity contribution in [2.45, 2.75) is 74.7 Å². The molecule has 2 heterocycles. The highest BCUT2D eigenvalue weighted by Crippen LogP contribution is 2.26. The standard InChI is InChI=1S/C26H35N5.C3H6O.C2H6/c1-6-20-12-15-31(16-13-20)24(22(27)17-21-9-7-19(2)8-10-21)23-11-14-28-25(30-23)29-18-26(3,4)5;1-2-3-4;1-2/h7-15H,6,16-18,27H2,1-5H3,(H,28,29,30);3H,2H2,1H3;1-2H3/b24-22-;;. The fraction of sp³-hybridized carbons (Fsp3) is 0.452. The van der Waals surface area contributed by atoms with Gasteiger partial charge in [-0.05, 0) is 42.0 Å². The number of benzene rings is 1. The molecule has 0 aliphatic carbocycles. The van der Waals surface area contributed by atoms with Crippen molar-refractivity contribution in [1.29, 1.82) is 0 Å². The number of aryl methyl sites for hydroxylation is 1. The molecule has 1 aromatic carbocycles. The third-order valence-electron chi connectivity index (χ3n) is 5.38. The van der Waals surface area contributed by atoms with Crippen LogP contribution in [-0.2, 0) is 11.2 Å². The molecule has 1 aliphatic rings. The number of rotatable bonds is 8. The minimum atomic E-state index is 0.138. The third kappa shape index (κ3) is 11.5. The fourth-order valence-electron chi connectivity index (χ4n) is 3.38. The summed E-state index contributed by atoms with van der Waals surface area (Å²) in [5.41, 5.74) is 13.2. The molecule has 1 aliphatic heterocycles. The van der Waals surface area contributed by atoms with Gasteiger partial charge in [0.05, 0.1) is 11.4 Å². The Bertz CT molecular complexity index is 1050. The molecule has 202 valence electrons. The number of anilines is 1. The van der Waals surface area contributed by atoms with Crippen LogP contribution in [0.25, 0.3) is 5.70 Å². The average molecular weight is 506 g/mol. The number of carbonyl (C=O) groups is 1. The van der Waals surface area contributed by atoms with Crippen molar-refractivity contribution >= 4 is 17.9 Å². The summed E-state index contributed by atoms with van der Waals surface area (Å²) in [4.78, 5) is 20.6. The maximum Gasteiger partial charge on any atom is 0.223 e. The van der Waals surface area contributed by atoms with Gasteiger partial charge in [-0.25, -0.2) is 9.97 Å². The lowest BCUT2D eigenvalue weighted by Gasteiger charge is -2.27. The van der Waals surface area contributed by atoms with E-state index >= 15 is 0 Å². The van der Waals surface area contributed by atoms with Gasteiger partial charge in [0.2, 0.25) is 5.95 Å². The lowest BCUT2D eigenvalue weighted by Crippen LogP contribution is -2.24. The summed E-state index contributed by atoms with van der Waals surface area (Å²) in [6, 6.07) is 10.5. The quantitative estimate of drug-likeness (QED) is 0.380. The van der Waals surface area contributed by atoms with Gasteiger partial charge in [0, 0.05) is 44.0 Å². The zero-order chi connectivity index (χ0) is 27.8. The zero-order valence-electron chi connectivity index (χ0n) is 24.1. The SMILES string of the molecule is CC.CCC1=CCN(/C(=C(\N)Cc2ccc(C)cc2)c2ccnc(NCC(C)(C)C)n2)C=C1.CCC=O. The number of nitrogens with two attached hydrogens (primary N) is 1. The van der Waals surface area contributed by atoms with Crippen LogP contribution in [0.1, 0.15) is 78.1 Å². The summed E-state index contributed by atoms with van der Waals surface area (Å²) >= 11 is 0. The summed E-state index contributed by atoms with van der Waals surface area (Å²) in [6.07, 6.45) is 11.5. The zero-order valence-corrected chi connectivity index (χ0v) is 24.1. The van der Waals surface area contributed by atoms with E-state index in [0.717, 1.165) is 42.9 Å². The Morgan fingerprint density at radius 3 is 2.30 bits per heavy atom. The van der Waals surface area contributed by atoms with Crippen molar-refractivity contribution in [2.24, 2.45) is 11.1 Å². The molecule has 1 aromatic heterocycles. The van der Waals surface area contributed by atoms with Crippen molar-refractivity contribution in [2.75, 3.05) is 18.4 Å². The molecule has 0 bridgehead atoms. The van der Waals surface area contributed by atoms with Gasteiger partial charge in [0.25, 0.3) is 0 Å². The van der Waals surface area contributed by atoms with Gasteiger partial charge in [-0.3, -0.25) is 0 Å². The monoisotopic (exact) mass is 505 g/mol. The minimum Gasteiger partial charge on any atom is -0.400 e. The van der Waals surface area contributed by atoms with Gasteiger partial charge in [0.15, 0.2) is 0 Å². The first-order valence-electron chi connectivity index (χ1n) is 13.4. The number of nitrogens with one attached hydrogen (secondary N) is 1. The fourth-order valence-corrected chi connectivity index (χ4v) is 3.38. The van der Waals surface area contributed by atoms with E-state index in [1.807, 2.05) is 26.8 Å². The lowest BCUT2D eigenvalue weighted by atomic mass is 9.97. The van der Waals surface area contributed by atoms with Gasteiger partial charge in [0.1, 0.15) is 6.29 Å². The topological polar surface area (TPSA) is 84.1 Å². The van der Waals surface area contributed by atoms with Crippen molar-refractivity contribution < 1.29 is 4.79 Å². The number of nitrogens with zero attached hydrogens (tertiary/aromatic N) is 3. The first kappa shape index (κ1) is 31.6. The van der Waals surface area contributed by atoms with Crippen LogP contribution in [0.2, 0.25) is 0 Å². The minimum absolute atomic E-state index is 0.138. The Morgan fingerprint density at radius 1 is 1.14 bits per heavy atom. The molecule has 2 aromatic rings. The van der Waals surface area contributed by atoms with E-state index in [9.17, 15) is 4.79 Å². The number of hydrogen-bond donors (Lipinski definition) is 2. The summed E-state index contributed by atoms with van der Waals surface area (Å²) < 4.78 is 0. The van der Waals surface area contributed by atoms with Gasteiger partial charge < -0.3 is 20.7 Å². The molecule has 0 saturated heterocycles. The summed E-state index contributed by atoms with van der Waals surface area (Å²) in [7, 11) is 0. The van der Waals surface area contributed by atoms with Crippen LogP contribution >= 0.6 is 0 Å². The van der Waals surface area contributed by atoms with Crippen LogP contribution in [-0.4, -0.2) is 34.2 Å². The second-order valence-electron chi connectivity index (χ2n) is 9.89. The second kappa shape index (κ2) is 16.4. The molecule has 3 rings (SSSR count). The smallest absolute Gasteiger partial charge is 0.223 e. The van der Waals surface area contributed by atoms with Crippen LogP contribution in [0.4, 0.5) is 5.95 Å². The number of carbonyl (C=O) groups excluding carboxylic acids is 1. The van der Waals surface area contributed by atoms with Crippen LogP contribution in [0.5, 0.6) is 0 Å². The lowest BCUT2D eigenvalue weighted by molar-refractivity contribution is -0.107. The molecular formula is C31H47N5O. The first-order chi connectivity index (χ1) is 17.7. The van der Waals surface area contributed by atoms with E-state index in [0.29, 0.717) is 18.8 Å². The van der Waals surface area contributed by atoms with Gasteiger partial charge in [-0.1, -0.05) is 84.4 Å². The molecular weight excluding hydrogens is 458 g/mol. The molecule has 0 saturated carbocycles. The number of hydrogen-bond acceptors (Lipinski definition) is 6. The number of allylic oxidation sites excluding steroid dienone is 3. The Labute approximate surface area is 224 Å². The molecule has 3 N–H and O–H groups in total. The molecule has 0 radical (unpaired) electrons. The van der Waals surface area contributed by atoms with Gasteiger partial charge in [-0.2, -0.15) is 0 Å². The van der Waals surface area contributed by atoms with E-state index in [4.69, 9.17) is 10.7 Å². The van der Waals surface area contributed by atoms with E-state index in [-0.39, 0.29) is 5.41 Å². The highest BCUT2D eigenvalue weighted by Gasteiger charge is 2.18. The van der Waals surface area contributed by atoms with E-state index < -0.39 is 0 Å².